The molecule has 0 aliphatic carbocycles. The standard InChI is InChI=1S/C21H19NO4S/c1-3-26-21(25)18-19(24)17(12-14-9-10-16(23)13(2)11-14)27-20(18)22-15-7-5-4-6-8-15/h4-12,23-24H,3H2,1-2H3/b17-12+,22-20?. The number of aromatic hydroxyl groups is 1. The quantitative estimate of drug-likeness (QED) is 0.737. The maximum absolute atomic E-state index is 12.4. The zero-order chi connectivity index (χ0) is 19.4. The Hall–Kier alpha value is -2.99. The SMILES string of the molecule is CCOC(=O)C1=C(O)/C(=C\c2ccc(O)c(C)c2)SC1=Nc1ccccc1. The van der Waals surface area contributed by atoms with Crippen molar-refractivity contribution in [2.75, 3.05) is 6.61 Å². The van der Waals surface area contributed by atoms with E-state index < -0.39 is 5.97 Å². The van der Waals surface area contributed by atoms with Gasteiger partial charge in [0.05, 0.1) is 17.2 Å². The van der Waals surface area contributed by atoms with E-state index in [2.05, 4.69) is 4.99 Å². The van der Waals surface area contributed by atoms with E-state index in [9.17, 15) is 15.0 Å². The summed E-state index contributed by atoms with van der Waals surface area (Å²) in [6.07, 6.45) is 1.75. The Balaban J connectivity index is 2.04. The van der Waals surface area contributed by atoms with Gasteiger partial charge in [0.25, 0.3) is 0 Å². The molecule has 0 saturated heterocycles. The van der Waals surface area contributed by atoms with E-state index in [4.69, 9.17) is 4.74 Å². The summed E-state index contributed by atoms with van der Waals surface area (Å²) in [4.78, 5) is 17.4. The van der Waals surface area contributed by atoms with Crippen LogP contribution in [-0.2, 0) is 9.53 Å². The predicted octanol–water partition coefficient (Wildman–Crippen LogP) is 4.89. The summed E-state index contributed by atoms with van der Waals surface area (Å²) in [5.41, 5.74) is 2.26. The van der Waals surface area contributed by atoms with Gasteiger partial charge in [-0.05, 0) is 55.3 Å². The molecular formula is C21H19NO4S. The van der Waals surface area contributed by atoms with Gasteiger partial charge < -0.3 is 14.9 Å². The van der Waals surface area contributed by atoms with Crippen molar-refractivity contribution in [2.45, 2.75) is 13.8 Å². The number of esters is 1. The lowest BCUT2D eigenvalue weighted by Gasteiger charge is -2.03. The van der Waals surface area contributed by atoms with Crippen LogP contribution in [0.25, 0.3) is 6.08 Å². The molecule has 1 aliphatic heterocycles. The summed E-state index contributed by atoms with van der Waals surface area (Å²) in [5.74, 6) is -0.559. The Bertz CT molecular complexity index is 961. The first-order chi connectivity index (χ1) is 13.0. The molecule has 0 radical (unpaired) electrons. The Kier molecular flexibility index (Phi) is 5.66. The molecule has 6 heteroatoms. The number of hydrogen-bond acceptors (Lipinski definition) is 6. The van der Waals surface area contributed by atoms with E-state index in [0.717, 1.165) is 11.1 Å². The maximum Gasteiger partial charge on any atom is 0.344 e. The average Bonchev–Trinajstić information content (AvgIpc) is 2.94. The number of carbonyl (C=O) groups excluding carboxylic acids is 1. The third-order valence-corrected chi connectivity index (χ3v) is 4.90. The molecule has 0 spiro atoms. The second-order valence-corrected chi connectivity index (χ2v) is 6.88. The predicted molar refractivity (Wildman–Crippen MR) is 108 cm³/mol. The van der Waals surface area contributed by atoms with Gasteiger partial charge in [0.1, 0.15) is 22.1 Å². The molecule has 2 aromatic carbocycles. The van der Waals surface area contributed by atoms with Gasteiger partial charge in [-0.1, -0.05) is 36.0 Å². The molecule has 1 heterocycles. The fourth-order valence-corrected chi connectivity index (χ4v) is 3.57. The number of thioether (sulfide) groups is 1. The highest BCUT2D eigenvalue weighted by Crippen LogP contribution is 2.40. The molecule has 0 amide bonds. The van der Waals surface area contributed by atoms with Gasteiger partial charge in [0, 0.05) is 0 Å². The number of phenolic OH excluding ortho intramolecular Hbond substituents is 1. The van der Waals surface area contributed by atoms with Gasteiger partial charge in [-0.2, -0.15) is 0 Å². The molecule has 27 heavy (non-hydrogen) atoms. The van der Waals surface area contributed by atoms with Gasteiger partial charge in [0.2, 0.25) is 0 Å². The Morgan fingerprint density at radius 1 is 1.19 bits per heavy atom. The van der Waals surface area contributed by atoms with Crippen molar-refractivity contribution in [2.24, 2.45) is 4.99 Å². The van der Waals surface area contributed by atoms with Crippen LogP contribution in [0.4, 0.5) is 5.69 Å². The molecule has 0 fully saturated rings. The van der Waals surface area contributed by atoms with Gasteiger partial charge in [-0.3, -0.25) is 0 Å². The molecule has 0 bridgehead atoms. The van der Waals surface area contributed by atoms with Crippen LogP contribution in [-0.4, -0.2) is 27.8 Å². The fourth-order valence-electron chi connectivity index (χ4n) is 2.53. The summed E-state index contributed by atoms with van der Waals surface area (Å²) in [6.45, 7) is 3.71. The van der Waals surface area contributed by atoms with Crippen LogP contribution in [0, 0.1) is 6.92 Å². The molecule has 0 atom stereocenters. The van der Waals surface area contributed by atoms with Crippen molar-refractivity contribution in [3.05, 3.63) is 75.9 Å². The number of aliphatic hydroxyl groups excluding tert-OH is 1. The lowest BCUT2D eigenvalue weighted by Crippen LogP contribution is -2.12. The van der Waals surface area contributed by atoms with E-state index in [1.807, 2.05) is 30.3 Å². The smallest absolute Gasteiger partial charge is 0.344 e. The minimum atomic E-state index is -0.609. The minimum Gasteiger partial charge on any atom is -0.508 e. The Labute approximate surface area is 161 Å². The number of phenols is 1. The average molecular weight is 381 g/mol. The van der Waals surface area contributed by atoms with Crippen LogP contribution >= 0.6 is 11.8 Å². The first kappa shape index (κ1) is 18.8. The van der Waals surface area contributed by atoms with Crippen molar-refractivity contribution in [3.63, 3.8) is 0 Å². The first-order valence-electron chi connectivity index (χ1n) is 8.43. The largest absolute Gasteiger partial charge is 0.508 e. The lowest BCUT2D eigenvalue weighted by molar-refractivity contribution is -0.138. The van der Waals surface area contributed by atoms with Crippen molar-refractivity contribution < 1.29 is 19.7 Å². The van der Waals surface area contributed by atoms with Gasteiger partial charge in [-0.15, -0.1) is 0 Å². The van der Waals surface area contributed by atoms with Crippen LogP contribution in [0.3, 0.4) is 0 Å². The molecule has 0 aromatic heterocycles. The van der Waals surface area contributed by atoms with Crippen molar-refractivity contribution in [1.82, 2.24) is 0 Å². The van der Waals surface area contributed by atoms with Crippen LogP contribution in [0.5, 0.6) is 5.75 Å². The van der Waals surface area contributed by atoms with Gasteiger partial charge in [-0.25, -0.2) is 9.79 Å². The third-order valence-electron chi connectivity index (χ3n) is 3.88. The molecule has 3 rings (SSSR count). The van der Waals surface area contributed by atoms with E-state index in [1.165, 1.54) is 11.8 Å². The highest BCUT2D eigenvalue weighted by molar-refractivity contribution is 8.18. The number of para-hydroxylation sites is 1. The Morgan fingerprint density at radius 2 is 1.93 bits per heavy atom. The fraction of sp³-hybridized carbons (Fsp3) is 0.143. The van der Waals surface area contributed by atoms with E-state index >= 15 is 0 Å². The van der Waals surface area contributed by atoms with Crippen molar-refractivity contribution in [1.29, 1.82) is 0 Å². The van der Waals surface area contributed by atoms with Crippen LogP contribution in [0.15, 0.2) is 69.8 Å². The normalized spacial score (nSPS) is 17.0. The number of benzene rings is 2. The number of hydrogen-bond donors (Lipinski definition) is 2. The highest BCUT2D eigenvalue weighted by atomic mass is 32.2. The summed E-state index contributed by atoms with van der Waals surface area (Å²) in [6, 6.07) is 14.3. The second kappa shape index (κ2) is 8.14. The van der Waals surface area contributed by atoms with E-state index in [0.29, 0.717) is 15.6 Å². The summed E-state index contributed by atoms with van der Waals surface area (Å²) < 4.78 is 5.09. The number of aliphatic imine (C=N–C) groups is 1. The molecule has 0 saturated carbocycles. The molecule has 2 aromatic rings. The third kappa shape index (κ3) is 4.23. The van der Waals surface area contributed by atoms with Crippen LogP contribution in [0.1, 0.15) is 18.1 Å². The van der Waals surface area contributed by atoms with E-state index in [1.54, 1.807) is 38.1 Å². The Morgan fingerprint density at radius 3 is 2.59 bits per heavy atom. The van der Waals surface area contributed by atoms with Crippen LogP contribution < -0.4 is 0 Å². The summed E-state index contributed by atoms with van der Waals surface area (Å²) >= 11 is 1.20. The number of ether oxygens (including phenoxy) is 1. The zero-order valence-corrected chi connectivity index (χ0v) is 15.8. The summed E-state index contributed by atoms with van der Waals surface area (Å²) in [7, 11) is 0. The zero-order valence-electron chi connectivity index (χ0n) is 15.0. The lowest BCUT2D eigenvalue weighted by atomic mass is 10.1. The van der Waals surface area contributed by atoms with Crippen molar-refractivity contribution in [3.8, 4) is 5.75 Å². The first-order valence-corrected chi connectivity index (χ1v) is 9.25. The van der Waals surface area contributed by atoms with Gasteiger partial charge in [0.15, 0.2) is 0 Å². The molecule has 5 nitrogen and oxygen atoms in total. The van der Waals surface area contributed by atoms with Gasteiger partial charge >= 0.3 is 5.97 Å². The minimum absolute atomic E-state index is 0.0625. The molecular weight excluding hydrogens is 362 g/mol. The summed E-state index contributed by atoms with van der Waals surface area (Å²) in [5, 5.41) is 20.7. The topological polar surface area (TPSA) is 79.1 Å². The molecule has 138 valence electrons. The highest BCUT2D eigenvalue weighted by Gasteiger charge is 2.33. The monoisotopic (exact) mass is 381 g/mol. The molecule has 1 aliphatic rings. The van der Waals surface area contributed by atoms with E-state index in [-0.39, 0.29) is 23.7 Å². The molecule has 2 N–H and O–H groups in total. The van der Waals surface area contributed by atoms with Crippen LogP contribution in [0.2, 0.25) is 0 Å². The number of rotatable bonds is 4. The number of nitrogens with zero attached hydrogens (tertiary/aromatic N) is 1. The van der Waals surface area contributed by atoms with Crippen molar-refractivity contribution >= 4 is 34.5 Å². The maximum atomic E-state index is 12.4. The molecule has 0 unspecified atom stereocenters. The number of carbonyl (C=O) groups is 1. The number of aryl methyl sites for hydroxylation is 1. The number of aliphatic hydroxyl groups is 1. The second-order valence-electron chi connectivity index (χ2n) is 5.85.